The van der Waals surface area contributed by atoms with E-state index in [4.69, 9.17) is 4.42 Å². The lowest BCUT2D eigenvalue weighted by Gasteiger charge is -2.44. The highest BCUT2D eigenvalue weighted by atomic mass is 16.3. The normalized spacial score (nSPS) is 28.0. The summed E-state index contributed by atoms with van der Waals surface area (Å²) in [6.45, 7) is 5.30. The van der Waals surface area contributed by atoms with Gasteiger partial charge in [-0.05, 0) is 50.4 Å². The maximum absolute atomic E-state index is 12.4. The predicted octanol–water partition coefficient (Wildman–Crippen LogP) is 1.96. The molecule has 2 bridgehead atoms. The SMILES string of the molecule is Cc1coc2cnc(C(=O)N[C@H]3CN4CCC3CC4)cc12. The van der Waals surface area contributed by atoms with E-state index < -0.39 is 0 Å². The van der Waals surface area contributed by atoms with Gasteiger partial charge < -0.3 is 14.6 Å². The van der Waals surface area contributed by atoms with Crippen LogP contribution in [0.25, 0.3) is 11.0 Å². The number of nitrogens with one attached hydrogen (secondary N) is 1. The van der Waals surface area contributed by atoms with Crippen LogP contribution in [0.5, 0.6) is 0 Å². The molecule has 3 fully saturated rings. The molecule has 0 aromatic carbocycles. The molecule has 3 aliphatic heterocycles. The molecule has 0 saturated carbocycles. The first-order valence-corrected chi connectivity index (χ1v) is 7.58. The predicted molar refractivity (Wildman–Crippen MR) is 79.2 cm³/mol. The van der Waals surface area contributed by atoms with Crippen LogP contribution in [-0.4, -0.2) is 41.5 Å². The van der Waals surface area contributed by atoms with Gasteiger partial charge in [0.1, 0.15) is 5.69 Å². The van der Waals surface area contributed by atoms with Crippen molar-refractivity contribution < 1.29 is 9.21 Å². The van der Waals surface area contributed by atoms with E-state index in [-0.39, 0.29) is 11.9 Å². The zero-order valence-corrected chi connectivity index (χ0v) is 12.1. The molecule has 1 atom stereocenters. The molecule has 0 aliphatic carbocycles. The monoisotopic (exact) mass is 285 g/mol. The summed E-state index contributed by atoms with van der Waals surface area (Å²) in [5.74, 6) is 0.551. The molecule has 2 aromatic heterocycles. The first kappa shape index (κ1) is 12.8. The van der Waals surface area contributed by atoms with Crippen molar-refractivity contribution in [2.45, 2.75) is 25.8 Å². The lowest BCUT2D eigenvalue weighted by molar-refractivity contribution is 0.0618. The molecule has 110 valence electrons. The third-order valence-electron chi connectivity index (χ3n) is 4.86. The number of hydrogen-bond donors (Lipinski definition) is 1. The molecule has 5 nitrogen and oxygen atoms in total. The Morgan fingerprint density at radius 3 is 2.95 bits per heavy atom. The number of carbonyl (C=O) groups excluding carboxylic acids is 1. The molecule has 1 N–H and O–H groups in total. The van der Waals surface area contributed by atoms with Crippen LogP contribution in [0, 0.1) is 12.8 Å². The summed E-state index contributed by atoms with van der Waals surface area (Å²) in [5.41, 5.74) is 2.24. The Hall–Kier alpha value is -1.88. The van der Waals surface area contributed by atoms with Crippen LogP contribution in [0.3, 0.4) is 0 Å². The summed E-state index contributed by atoms with van der Waals surface area (Å²) in [7, 11) is 0. The average molecular weight is 285 g/mol. The number of nitrogens with zero attached hydrogens (tertiary/aromatic N) is 2. The summed E-state index contributed by atoms with van der Waals surface area (Å²) in [6, 6.07) is 2.09. The van der Waals surface area contributed by atoms with E-state index in [9.17, 15) is 4.79 Å². The molecule has 5 heteroatoms. The van der Waals surface area contributed by atoms with Gasteiger partial charge in [-0.15, -0.1) is 0 Å². The summed E-state index contributed by atoms with van der Waals surface area (Å²) >= 11 is 0. The number of fused-ring (bicyclic) bond motifs is 4. The van der Waals surface area contributed by atoms with Gasteiger partial charge in [0, 0.05) is 18.0 Å². The van der Waals surface area contributed by atoms with Gasteiger partial charge >= 0.3 is 0 Å². The van der Waals surface area contributed by atoms with Crippen molar-refractivity contribution >= 4 is 16.9 Å². The van der Waals surface area contributed by atoms with Gasteiger partial charge in [-0.2, -0.15) is 0 Å². The number of carbonyl (C=O) groups is 1. The Labute approximate surface area is 123 Å². The summed E-state index contributed by atoms with van der Waals surface area (Å²) in [4.78, 5) is 19.1. The van der Waals surface area contributed by atoms with E-state index in [2.05, 4.69) is 15.2 Å². The number of rotatable bonds is 2. The fourth-order valence-corrected chi connectivity index (χ4v) is 3.56. The molecule has 21 heavy (non-hydrogen) atoms. The van der Waals surface area contributed by atoms with E-state index in [1.54, 1.807) is 12.5 Å². The fourth-order valence-electron chi connectivity index (χ4n) is 3.56. The van der Waals surface area contributed by atoms with Gasteiger partial charge in [-0.1, -0.05) is 0 Å². The first-order valence-electron chi connectivity index (χ1n) is 7.58. The number of aromatic nitrogens is 1. The topological polar surface area (TPSA) is 58.4 Å². The Bertz CT molecular complexity index is 686. The third-order valence-corrected chi connectivity index (χ3v) is 4.86. The van der Waals surface area contributed by atoms with Crippen LogP contribution in [0.2, 0.25) is 0 Å². The number of furan rings is 1. The minimum Gasteiger partial charge on any atom is -0.462 e. The Morgan fingerprint density at radius 2 is 2.24 bits per heavy atom. The summed E-state index contributed by atoms with van der Waals surface area (Å²) < 4.78 is 5.37. The number of hydrogen-bond acceptors (Lipinski definition) is 4. The van der Waals surface area contributed by atoms with Crippen molar-refractivity contribution in [1.29, 1.82) is 0 Å². The minimum absolute atomic E-state index is 0.0729. The van der Waals surface area contributed by atoms with Gasteiger partial charge in [-0.25, -0.2) is 4.98 Å². The second-order valence-electron chi connectivity index (χ2n) is 6.20. The van der Waals surface area contributed by atoms with E-state index in [1.165, 1.54) is 25.9 Å². The van der Waals surface area contributed by atoms with Crippen LogP contribution in [0.1, 0.15) is 28.9 Å². The Balaban J connectivity index is 1.54. The van der Waals surface area contributed by atoms with E-state index in [0.717, 1.165) is 23.1 Å². The highest BCUT2D eigenvalue weighted by Crippen LogP contribution is 2.27. The number of aryl methyl sites for hydroxylation is 1. The van der Waals surface area contributed by atoms with Crippen LogP contribution < -0.4 is 5.32 Å². The molecular weight excluding hydrogens is 266 g/mol. The van der Waals surface area contributed by atoms with Crippen LogP contribution in [-0.2, 0) is 0 Å². The second-order valence-corrected chi connectivity index (χ2v) is 6.20. The molecule has 0 radical (unpaired) electrons. The van der Waals surface area contributed by atoms with Crippen LogP contribution in [0.15, 0.2) is 22.9 Å². The lowest BCUT2D eigenvalue weighted by Crippen LogP contribution is -2.57. The summed E-state index contributed by atoms with van der Waals surface area (Å²) in [6.07, 6.45) is 5.71. The second kappa shape index (κ2) is 4.84. The molecule has 0 unspecified atom stereocenters. The van der Waals surface area contributed by atoms with Crippen molar-refractivity contribution in [3.8, 4) is 0 Å². The zero-order chi connectivity index (χ0) is 14.4. The molecular formula is C16H19N3O2. The van der Waals surface area contributed by atoms with Crippen molar-refractivity contribution in [3.05, 3.63) is 29.8 Å². The minimum atomic E-state index is -0.0729. The molecule has 5 heterocycles. The molecule has 3 saturated heterocycles. The molecule has 1 amide bonds. The standard InChI is InChI=1S/C16H19N3O2/c1-10-9-21-15-7-17-13(6-12(10)15)16(20)18-14-8-19-4-2-11(14)3-5-19/h6-7,9,11,14H,2-5,8H2,1H3,(H,18,20)/t14-/m0/s1. The summed E-state index contributed by atoms with van der Waals surface area (Å²) in [5, 5.41) is 4.13. The van der Waals surface area contributed by atoms with Crippen LogP contribution in [0.4, 0.5) is 0 Å². The maximum Gasteiger partial charge on any atom is 0.270 e. The van der Waals surface area contributed by atoms with Crippen LogP contribution >= 0.6 is 0 Å². The smallest absolute Gasteiger partial charge is 0.270 e. The highest BCUT2D eigenvalue weighted by Gasteiger charge is 2.35. The highest BCUT2D eigenvalue weighted by molar-refractivity contribution is 5.96. The largest absolute Gasteiger partial charge is 0.462 e. The van der Waals surface area contributed by atoms with Gasteiger partial charge in [0.2, 0.25) is 0 Å². The number of amides is 1. The number of pyridine rings is 1. The maximum atomic E-state index is 12.4. The zero-order valence-electron chi connectivity index (χ0n) is 12.1. The van der Waals surface area contributed by atoms with Gasteiger partial charge in [0.05, 0.1) is 12.5 Å². The van der Waals surface area contributed by atoms with Gasteiger partial charge in [-0.3, -0.25) is 4.79 Å². The van der Waals surface area contributed by atoms with Crippen molar-refractivity contribution in [2.24, 2.45) is 5.92 Å². The average Bonchev–Trinajstić information content (AvgIpc) is 2.89. The molecule has 0 spiro atoms. The van der Waals surface area contributed by atoms with E-state index >= 15 is 0 Å². The van der Waals surface area contributed by atoms with Crippen molar-refractivity contribution in [3.63, 3.8) is 0 Å². The van der Waals surface area contributed by atoms with Gasteiger partial charge in [0.15, 0.2) is 5.58 Å². The molecule has 3 aliphatic rings. The lowest BCUT2D eigenvalue weighted by atomic mass is 9.84. The first-order chi connectivity index (χ1) is 10.2. The third kappa shape index (κ3) is 2.21. The van der Waals surface area contributed by atoms with E-state index in [1.807, 2.05) is 13.0 Å². The van der Waals surface area contributed by atoms with Gasteiger partial charge in [0.25, 0.3) is 5.91 Å². The molecule has 5 rings (SSSR count). The van der Waals surface area contributed by atoms with E-state index in [0.29, 0.717) is 11.6 Å². The van der Waals surface area contributed by atoms with Crippen molar-refractivity contribution in [2.75, 3.05) is 19.6 Å². The quantitative estimate of drug-likeness (QED) is 0.916. The number of piperidine rings is 3. The molecule has 2 aromatic rings. The van der Waals surface area contributed by atoms with Crippen molar-refractivity contribution in [1.82, 2.24) is 15.2 Å². The Kier molecular flexibility index (Phi) is 2.96. The fraction of sp³-hybridized carbons (Fsp3) is 0.500. The Morgan fingerprint density at radius 1 is 1.43 bits per heavy atom.